The van der Waals surface area contributed by atoms with Crippen molar-refractivity contribution < 1.29 is 19.0 Å². The van der Waals surface area contributed by atoms with Gasteiger partial charge in [0.1, 0.15) is 12.0 Å². The maximum atomic E-state index is 12.0. The van der Waals surface area contributed by atoms with E-state index in [4.69, 9.17) is 14.2 Å². The lowest BCUT2D eigenvalue weighted by atomic mass is 9.63. The van der Waals surface area contributed by atoms with Gasteiger partial charge in [0.05, 0.1) is 20.3 Å². The molecule has 142 valence electrons. The van der Waals surface area contributed by atoms with Crippen molar-refractivity contribution in [3.8, 4) is 5.75 Å². The summed E-state index contributed by atoms with van der Waals surface area (Å²) in [7, 11) is 1.66. The third kappa shape index (κ3) is 4.02. The van der Waals surface area contributed by atoms with Gasteiger partial charge in [0.15, 0.2) is 5.79 Å². The topological polar surface area (TPSA) is 44.8 Å². The first kappa shape index (κ1) is 19.1. The number of benzene rings is 1. The fourth-order valence-corrected chi connectivity index (χ4v) is 4.28. The van der Waals surface area contributed by atoms with Crippen molar-refractivity contribution in [2.45, 2.75) is 50.7 Å². The molecule has 1 atom stereocenters. The van der Waals surface area contributed by atoms with Crippen molar-refractivity contribution in [1.82, 2.24) is 0 Å². The number of hydrogen-bond acceptors (Lipinski definition) is 4. The van der Waals surface area contributed by atoms with E-state index in [0.717, 1.165) is 69.3 Å². The minimum Gasteiger partial charge on any atom is -0.497 e. The number of allylic oxidation sites excluding steroid dienone is 1. The normalized spacial score (nSPS) is 23.0. The molecule has 4 heteroatoms. The predicted octanol–water partition coefficient (Wildman–Crippen LogP) is 4.32. The molecule has 1 heterocycles. The van der Waals surface area contributed by atoms with Crippen molar-refractivity contribution in [2.75, 3.05) is 20.3 Å². The van der Waals surface area contributed by atoms with Crippen LogP contribution in [0.2, 0.25) is 0 Å². The van der Waals surface area contributed by atoms with Crippen LogP contribution in [0.3, 0.4) is 0 Å². The van der Waals surface area contributed by atoms with E-state index in [9.17, 15) is 4.79 Å². The van der Waals surface area contributed by atoms with Crippen molar-refractivity contribution >= 4 is 6.29 Å². The summed E-state index contributed by atoms with van der Waals surface area (Å²) in [4.78, 5) is 12.0. The van der Waals surface area contributed by atoms with Gasteiger partial charge in [-0.05, 0) is 55.2 Å². The summed E-state index contributed by atoms with van der Waals surface area (Å²) in [6.45, 7) is 5.62. The minimum atomic E-state index is -0.448. The summed E-state index contributed by atoms with van der Waals surface area (Å²) in [6.07, 6.45) is 9.34. The summed E-state index contributed by atoms with van der Waals surface area (Å²) >= 11 is 0. The highest BCUT2D eigenvalue weighted by atomic mass is 16.7. The number of carbonyl (C=O) groups excluding carboxylic acids is 1. The Labute approximate surface area is 156 Å². The minimum absolute atomic E-state index is 0.0866. The number of carbonyl (C=O) groups is 1. The van der Waals surface area contributed by atoms with Gasteiger partial charge in [-0.1, -0.05) is 18.2 Å². The van der Waals surface area contributed by atoms with Gasteiger partial charge in [0.2, 0.25) is 0 Å². The van der Waals surface area contributed by atoms with Gasteiger partial charge < -0.3 is 19.0 Å². The third-order valence-electron chi connectivity index (χ3n) is 6.14. The quantitative estimate of drug-likeness (QED) is 0.561. The largest absolute Gasteiger partial charge is 0.497 e. The van der Waals surface area contributed by atoms with Crippen LogP contribution in [0.5, 0.6) is 5.75 Å². The van der Waals surface area contributed by atoms with Crippen LogP contribution in [0.4, 0.5) is 0 Å². The fraction of sp³-hybridized carbons (Fsp3) is 0.591. The van der Waals surface area contributed by atoms with E-state index < -0.39 is 5.79 Å². The first-order valence-electron chi connectivity index (χ1n) is 9.65. The van der Waals surface area contributed by atoms with E-state index in [0.29, 0.717) is 6.42 Å². The Balaban J connectivity index is 1.71. The third-order valence-corrected chi connectivity index (χ3v) is 6.14. The Morgan fingerprint density at radius 2 is 1.73 bits per heavy atom. The number of hydrogen-bond donors (Lipinski definition) is 0. The molecule has 2 fully saturated rings. The van der Waals surface area contributed by atoms with E-state index in [1.165, 1.54) is 0 Å². The van der Waals surface area contributed by atoms with Crippen LogP contribution in [-0.4, -0.2) is 32.4 Å². The summed E-state index contributed by atoms with van der Waals surface area (Å²) in [5, 5.41) is 0. The zero-order valence-corrected chi connectivity index (χ0v) is 15.7. The van der Waals surface area contributed by atoms with E-state index in [2.05, 4.69) is 6.58 Å². The van der Waals surface area contributed by atoms with Crippen LogP contribution < -0.4 is 4.74 Å². The van der Waals surface area contributed by atoms with Crippen LogP contribution in [0.25, 0.3) is 0 Å². The Bertz CT molecular complexity index is 589. The van der Waals surface area contributed by atoms with E-state index in [-0.39, 0.29) is 11.3 Å². The molecule has 1 spiro atoms. The smallest absolute Gasteiger partial charge is 0.168 e. The lowest BCUT2D eigenvalue weighted by Gasteiger charge is -2.46. The molecular weight excluding hydrogens is 328 g/mol. The van der Waals surface area contributed by atoms with Crippen LogP contribution in [0.15, 0.2) is 36.9 Å². The summed E-state index contributed by atoms with van der Waals surface area (Å²) in [5.41, 5.74) is 0.956. The van der Waals surface area contributed by atoms with Crippen molar-refractivity contribution in [2.24, 2.45) is 11.3 Å². The van der Waals surface area contributed by atoms with Crippen LogP contribution >= 0.6 is 0 Å². The number of rotatable bonds is 6. The highest BCUT2D eigenvalue weighted by Crippen LogP contribution is 2.49. The van der Waals surface area contributed by atoms with Gasteiger partial charge in [0, 0.05) is 18.8 Å². The van der Waals surface area contributed by atoms with Gasteiger partial charge in [-0.25, -0.2) is 0 Å². The SMILES string of the molecule is C=CC1(C(C=O)Cc2ccc(OC)cc2)CCC2(CC1)OCCCCO2. The predicted molar refractivity (Wildman–Crippen MR) is 101 cm³/mol. The van der Waals surface area contributed by atoms with Gasteiger partial charge in [-0.2, -0.15) is 0 Å². The van der Waals surface area contributed by atoms with Gasteiger partial charge in [-0.15, -0.1) is 6.58 Å². The molecule has 0 radical (unpaired) electrons. The zero-order valence-electron chi connectivity index (χ0n) is 15.7. The maximum Gasteiger partial charge on any atom is 0.168 e. The standard InChI is InChI=1S/C22H30O4/c1-3-21(10-12-22(13-11-21)25-14-4-5-15-26-22)19(17-23)16-18-6-8-20(24-2)9-7-18/h3,6-9,17,19H,1,4-5,10-16H2,2H3. The van der Waals surface area contributed by atoms with E-state index >= 15 is 0 Å². The Morgan fingerprint density at radius 1 is 1.12 bits per heavy atom. The number of ether oxygens (including phenoxy) is 3. The molecule has 0 N–H and O–H groups in total. The number of aldehydes is 1. The lowest BCUT2D eigenvalue weighted by Crippen LogP contribution is -2.45. The maximum absolute atomic E-state index is 12.0. The highest BCUT2D eigenvalue weighted by Gasteiger charge is 2.46. The van der Waals surface area contributed by atoms with Crippen molar-refractivity contribution in [3.63, 3.8) is 0 Å². The summed E-state index contributed by atoms with van der Waals surface area (Å²) in [6, 6.07) is 7.96. The molecule has 2 aliphatic rings. The van der Waals surface area contributed by atoms with E-state index in [1.54, 1.807) is 7.11 Å². The van der Waals surface area contributed by atoms with Crippen molar-refractivity contribution in [3.05, 3.63) is 42.5 Å². The molecule has 0 aromatic heterocycles. The Kier molecular flexibility index (Phi) is 6.15. The molecule has 0 amide bonds. The molecule has 1 unspecified atom stereocenters. The second kappa shape index (κ2) is 8.36. The monoisotopic (exact) mass is 358 g/mol. The molecule has 1 aliphatic carbocycles. The van der Waals surface area contributed by atoms with Crippen LogP contribution in [0, 0.1) is 11.3 Å². The summed E-state index contributed by atoms with van der Waals surface area (Å²) < 4.78 is 17.4. The molecule has 1 saturated carbocycles. The molecule has 1 aromatic rings. The second-order valence-electron chi connectivity index (χ2n) is 7.55. The van der Waals surface area contributed by atoms with E-state index in [1.807, 2.05) is 30.3 Å². The lowest BCUT2D eigenvalue weighted by molar-refractivity contribution is -0.250. The first-order valence-corrected chi connectivity index (χ1v) is 9.65. The Hall–Kier alpha value is -1.65. The molecule has 1 aliphatic heterocycles. The number of methoxy groups -OCH3 is 1. The zero-order chi connectivity index (χ0) is 18.5. The van der Waals surface area contributed by atoms with Crippen LogP contribution in [-0.2, 0) is 20.7 Å². The summed E-state index contributed by atoms with van der Waals surface area (Å²) in [5.74, 6) is 0.296. The molecule has 1 aromatic carbocycles. The van der Waals surface area contributed by atoms with Crippen LogP contribution in [0.1, 0.15) is 44.1 Å². The molecule has 1 saturated heterocycles. The van der Waals surface area contributed by atoms with Gasteiger partial charge >= 0.3 is 0 Å². The van der Waals surface area contributed by atoms with Crippen molar-refractivity contribution in [1.29, 1.82) is 0 Å². The van der Waals surface area contributed by atoms with Gasteiger partial charge in [0.25, 0.3) is 0 Å². The molecule has 3 rings (SSSR count). The van der Waals surface area contributed by atoms with Gasteiger partial charge in [-0.3, -0.25) is 0 Å². The highest BCUT2D eigenvalue weighted by molar-refractivity contribution is 5.57. The molecule has 26 heavy (non-hydrogen) atoms. The molecule has 0 bridgehead atoms. The second-order valence-corrected chi connectivity index (χ2v) is 7.55. The fourth-order valence-electron chi connectivity index (χ4n) is 4.28. The average Bonchev–Trinajstić information content (AvgIpc) is 2.93. The molecule has 4 nitrogen and oxygen atoms in total. The Morgan fingerprint density at radius 3 is 2.23 bits per heavy atom. The first-order chi connectivity index (χ1) is 12.7. The molecular formula is C22H30O4. The average molecular weight is 358 g/mol.